The van der Waals surface area contributed by atoms with Gasteiger partial charge in [0, 0.05) is 25.2 Å². The van der Waals surface area contributed by atoms with E-state index < -0.39 is 10.0 Å². The van der Waals surface area contributed by atoms with Gasteiger partial charge < -0.3 is 5.11 Å². The Balaban J connectivity index is 2.95. The molecule has 0 aliphatic carbocycles. The van der Waals surface area contributed by atoms with Crippen molar-refractivity contribution < 1.29 is 13.5 Å². The van der Waals surface area contributed by atoms with Gasteiger partial charge in [0.15, 0.2) is 5.75 Å². The lowest BCUT2D eigenvalue weighted by Gasteiger charge is -2.15. The maximum atomic E-state index is 12.3. The predicted molar refractivity (Wildman–Crippen MR) is 76.7 cm³/mol. The molecule has 102 valence electrons. The zero-order chi connectivity index (χ0) is 14.4. The van der Waals surface area contributed by atoms with Gasteiger partial charge in [0.2, 0.25) is 10.0 Å². The number of aromatic hydroxyl groups is 1. The van der Waals surface area contributed by atoms with Crippen molar-refractivity contribution in [3.05, 3.63) is 28.4 Å². The molecule has 2 aromatic rings. The Morgan fingerprint density at radius 2 is 1.95 bits per heavy atom. The third-order valence-corrected chi connectivity index (χ3v) is 5.23. The molecular formula is C12H13BrN2O3S. The predicted octanol–water partition coefficient (Wildman–Crippen LogP) is 2.26. The van der Waals surface area contributed by atoms with Crippen LogP contribution in [0, 0.1) is 6.92 Å². The van der Waals surface area contributed by atoms with E-state index in [0.717, 1.165) is 4.31 Å². The fourth-order valence-corrected chi connectivity index (χ4v) is 3.39. The van der Waals surface area contributed by atoms with Crippen LogP contribution in [-0.4, -0.2) is 36.9 Å². The minimum Gasteiger partial charge on any atom is -0.505 e. The van der Waals surface area contributed by atoms with Crippen LogP contribution in [0.25, 0.3) is 10.9 Å². The van der Waals surface area contributed by atoms with E-state index in [2.05, 4.69) is 20.9 Å². The van der Waals surface area contributed by atoms with Crippen molar-refractivity contribution in [2.24, 2.45) is 0 Å². The first-order valence-electron chi connectivity index (χ1n) is 5.46. The Morgan fingerprint density at radius 3 is 2.53 bits per heavy atom. The second kappa shape index (κ2) is 4.73. The van der Waals surface area contributed by atoms with Gasteiger partial charge in [0.25, 0.3) is 0 Å². The Hall–Kier alpha value is -1.18. The Morgan fingerprint density at radius 1 is 1.32 bits per heavy atom. The van der Waals surface area contributed by atoms with Gasteiger partial charge in [-0.2, -0.15) is 0 Å². The van der Waals surface area contributed by atoms with Crippen molar-refractivity contribution in [2.45, 2.75) is 11.8 Å². The van der Waals surface area contributed by atoms with Crippen molar-refractivity contribution in [3.8, 4) is 5.75 Å². The van der Waals surface area contributed by atoms with E-state index in [1.54, 1.807) is 19.1 Å². The van der Waals surface area contributed by atoms with Gasteiger partial charge in [-0.3, -0.25) is 0 Å². The molecule has 0 atom stereocenters. The standard InChI is InChI=1S/C12H13BrN2O3S/c1-7-4-5-8-10(19(17,18)15(2)3)6-9(13)12(16)11(8)14-7/h4-6,16H,1-3H3. The molecule has 7 heteroatoms. The fourth-order valence-electron chi connectivity index (χ4n) is 1.72. The second-order valence-corrected chi connectivity index (χ2v) is 7.32. The van der Waals surface area contributed by atoms with Crippen molar-refractivity contribution in [3.63, 3.8) is 0 Å². The molecule has 0 saturated carbocycles. The van der Waals surface area contributed by atoms with Crippen LogP contribution in [0.4, 0.5) is 0 Å². The van der Waals surface area contributed by atoms with Gasteiger partial charge in [-0.1, -0.05) is 0 Å². The number of aromatic nitrogens is 1. The van der Waals surface area contributed by atoms with Gasteiger partial charge in [-0.15, -0.1) is 0 Å². The van der Waals surface area contributed by atoms with E-state index >= 15 is 0 Å². The number of benzene rings is 1. The minimum atomic E-state index is -3.60. The molecule has 0 aliphatic rings. The number of fused-ring (bicyclic) bond motifs is 1. The molecule has 2 rings (SSSR count). The fraction of sp³-hybridized carbons (Fsp3) is 0.250. The largest absolute Gasteiger partial charge is 0.505 e. The number of halogens is 1. The number of rotatable bonds is 2. The SMILES string of the molecule is Cc1ccc2c(S(=O)(=O)N(C)C)cc(Br)c(O)c2n1. The molecule has 1 heterocycles. The number of hydrogen-bond acceptors (Lipinski definition) is 4. The highest BCUT2D eigenvalue weighted by atomic mass is 79.9. The summed E-state index contributed by atoms with van der Waals surface area (Å²) >= 11 is 3.16. The van der Waals surface area contributed by atoms with E-state index in [0.29, 0.717) is 15.6 Å². The summed E-state index contributed by atoms with van der Waals surface area (Å²) in [6.07, 6.45) is 0. The quantitative estimate of drug-likeness (QED) is 0.906. The maximum absolute atomic E-state index is 12.3. The summed E-state index contributed by atoms with van der Waals surface area (Å²) in [5.74, 6) is -0.0589. The van der Waals surface area contributed by atoms with Gasteiger partial charge in [-0.25, -0.2) is 17.7 Å². The lowest BCUT2D eigenvalue weighted by atomic mass is 10.2. The van der Waals surface area contributed by atoms with Gasteiger partial charge in [0.05, 0.1) is 9.37 Å². The summed E-state index contributed by atoms with van der Waals surface area (Å²) < 4.78 is 26.0. The molecule has 0 unspecified atom stereocenters. The zero-order valence-electron chi connectivity index (χ0n) is 10.7. The van der Waals surface area contributed by atoms with Crippen LogP contribution in [0.15, 0.2) is 27.6 Å². The number of sulfonamides is 1. The van der Waals surface area contributed by atoms with E-state index in [1.165, 1.54) is 20.2 Å². The highest BCUT2D eigenvalue weighted by Gasteiger charge is 2.23. The van der Waals surface area contributed by atoms with Crippen molar-refractivity contribution in [1.29, 1.82) is 0 Å². The average Bonchev–Trinajstić information content (AvgIpc) is 2.33. The van der Waals surface area contributed by atoms with Crippen molar-refractivity contribution in [1.82, 2.24) is 9.29 Å². The monoisotopic (exact) mass is 344 g/mol. The van der Waals surface area contributed by atoms with Crippen LogP contribution in [-0.2, 0) is 10.0 Å². The molecule has 5 nitrogen and oxygen atoms in total. The number of hydrogen-bond donors (Lipinski definition) is 1. The zero-order valence-corrected chi connectivity index (χ0v) is 13.1. The third-order valence-electron chi connectivity index (χ3n) is 2.77. The van der Waals surface area contributed by atoms with E-state index in [9.17, 15) is 13.5 Å². The van der Waals surface area contributed by atoms with Crippen LogP contribution in [0.1, 0.15) is 5.69 Å². The molecule has 1 N–H and O–H groups in total. The van der Waals surface area contributed by atoms with Crippen LogP contribution in [0.3, 0.4) is 0 Å². The van der Waals surface area contributed by atoms with Gasteiger partial charge in [-0.05, 0) is 41.1 Å². The Bertz CT molecular complexity index is 757. The third kappa shape index (κ3) is 2.33. The normalized spacial score (nSPS) is 12.3. The highest BCUT2D eigenvalue weighted by Crippen LogP contribution is 2.36. The number of phenols is 1. The highest BCUT2D eigenvalue weighted by molar-refractivity contribution is 9.10. The summed E-state index contributed by atoms with van der Waals surface area (Å²) in [6.45, 7) is 1.78. The average molecular weight is 345 g/mol. The van der Waals surface area contributed by atoms with E-state index in [-0.39, 0.29) is 16.2 Å². The van der Waals surface area contributed by atoms with Gasteiger partial charge >= 0.3 is 0 Å². The summed E-state index contributed by atoms with van der Waals surface area (Å²) in [7, 11) is -0.680. The summed E-state index contributed by atoms with van der Waals surface area (Å²) in [5, 5.41) is 10.4. The maximum Gasteiger partial charge on any atom is 0.243 e. The summed E-state index contributed by atoms with van der Waals surface area (Å²) in [6, 6.07) is 4.76. The molecule has 0 spiro atoms. The molecule has 19 heavy (non-hydrogen) atoms. The molecule has 0 amide bonds. The van der Waals surface area contributed by atoms with E-state index in [4.69, 9.17) is 0 Å². The number of phenolic OH excluding ortho intramolecular Hbond substituents is 1. The molecule has 0 fully saturated rings. The minimum absolute atomic E-state index is 0.0589. The molecule has 0 radical (unpaired) electrons. The number of nitrogens with zero attached hydrogens (tertiary/aromatic N) is 2. The first kappa shape index (κ1) is 14.2. The smallest absolute Gasteiger partial charge is 0.243 e. The van der Waals surface area contributed by atoms with Crippen LogP contribution >= 0.6 is 15.9 Å². The first-order valence-corrected chi connectivity index (χ1v) is 7.70. The van der Waals surface area contributed by atoms with E-state index in [1.807, 2.05) is 0 Å². The molecule has 0 saturated heterocycles. The Labute approximate surface area is 120 Å². The van der Waals surface area contributed by atoms with Crippen molar-refractivity contribution in [2.75, 3.05) is 14.1 Å². The topological polar surface area (TPSA) is 70.5 Å². The number of aryl methyl sites for hydroxylation is 1. The number of pyridine rings is 1. The van der Waals surface area contributed by atoms with Crippen LogP contribution in [0.2, 0.25) is 0 Å². The second-order valence-electron chi connectivity index (χ2n) is 4.34. The Kier molecular flexibility index (Phi) is 3.55. The van der Waals surface area contributed by atoms with Gasteiger partial charge in [0.1, 0.15) is 5.52 Å². The molecule has 0 bridgehead atoms. The molecule has 1 aromatic heterocycles. The van der Waals surface area contributed by atoms with Crippen LogP contribution in [0.5, 0.6) is 5.75 Å². The van der Waals surface area contributed by atoms with Crippen LogP contribution < -0.4 is 0 Å². The molecule has 1 aromatic carbocycles. The summed E-state index contributed by atoms with van der Waals surface area (Å²) in [4.78, 5) is 4.32. The lowest BCUT2D eigenvalue weighted by molar-refractivity contribution is 0.476. The van der Waals surface area contributed by atoms with Crippen molar-refractivity contribution >= 4 is 36.9 Å². The molecule has 0 aliphatic heterocycles. The summed E-state index contributed by atoms with van der Waals surface area (Å²) in [5.41, 5.74) is 0.976. The first-order chi connectivity index (χ1) is 8.75. The lowest BCUT2D eigenvalue weighted by Crippen LogP contribution is -2.22. The molecular weight excluding hydrogens is 332 g/mol.